The van der Waals surface area contributed by atoms with Gasteiger partial charge in [0.2, 0.25) is 5.91 Å². The number of carbonyl (C=O) groups is 1. The number of carbonyl (C=O) groups excluding carboxylic acids is 1. The molecule has 1 heterocycles. The monoisotopic (exact) mass is 237 g/mol. The molecule has 1 aromatic rings. The van der Waals surface area contributed by atoms with Crippen LogP contribution in [0.4, 0.5) is 5.69 Å². The molecule has 16 heavy (non-hydrogen) atoms. The van der Waals surface area contributed by atoms with E-state index in [0.29, 0.717) is 5.69 Å². The summed E-state index contributed by atoms with van der Waals surface area (Å²) in [5.74, 6) is 2.19. The predicted molar refractivity (Wildman–Crippen MR) is 66.9 cm³/mol. The maximum Gasteiger partial charge on any atom is 0.228 e. The van der Waals surface area contributed by atoms with Gasteiger partial charge in [0.25, 0.3) is 0 Å². The first kappa shape index (κ1) is 11.3. The molecule has 0 radical (unpaired) electrons. The molecule has 1 aromatic carbocycles. The minimum absolute atomic E-state index is 0.0177. The maximum absolute atomic E-state index is 11.8. The second-order valence-corrected chi connectivity index (χ2v) is 5.22. The molecule has 3 nitrogen and oxygen atoms in total. The van der Waals surface area contributed by atoms with E-state index in [2.05, 4.69) is 5.32 Å². The lowest BCUT2D eigenvalue weighted by Gasteiger charge is -2.11. The van der Waals surface area contributed by atoms with Crippen molar-refractivity contribution in [2.75, 3.05) is 16.8 Å². The zero-order valence-corrected chi connectivity index (χ0v) is 10.0. The van der Waals surface area contributed by atoms with Gasteiger partial charge in [-0.05, 0) is 36.8 Å². The molecule has 1 atom stereocenters. The van der Waals surface area contributed by atoms with Gasteiger partial charge in [-0.2, -0.15) is 11.8 Å². The second-order valence-electron chi connectivity index (χ2n) is 4.07. The van der Waals surface area contributed by atoms with Crippen LogP contribution < -0.4 is 5.32 Å². The van der Waals surface area contributed by atoms with E-state index >= 15 is 0 Å². The van der Waals surface area contributed by atoms with Gasteiger partial charge in [0.15, 0.2) is 0 Å². The number of benzene rings is 1. The fourth-order valence-electron chi connectivity index (χ4n) is 1.72. The van der Waals surface area contributed by atoms with E-state index in [0.717, 1.165) is 23.5 Å². The summed E-state index contributed by atoms with van der Waals surface area (Å²) in [6.45, 7) is 1.90. The second kappa shape index (κ2) is 4.78. The van der Waals surface area contributed by atoms with Crippen molar-refractivity contribution >= 4 is 23.4 Å². The predicted octanol–water partition coefficient (Wildman–Crippen LogP) is 2.39. The summed E-state index contributed by atoms with van der Waals surface area (Å²) in [7, 11) is 0. The Labute approximate surface area is 99.2 Å². The molecule has 0 bridgehead atoms. The van der Waals surface area contributed by atoms with Crippen LogP contribution in [-0.4, -0.2) is 22.5 Å². The van der Waals surface area contributed by atoms with Gasteiger partial charge in [0, 0.05) is 11.7 Å². The van der Waals surface area contributed by atoms with Crippen molar-refractivity contribution in [3.8, 4) is 5.75 Å². The van der Waals surface area contributed by atoms with Crippen molar-refractivity contribution in [3.05, 3.63) is 23.8 Å². The highest BCUT2D eigenvalue weighted by Gasteiger charge is 2.23. The van der Waals surface area contributed by atoms with E-state index in [1.54, 1.807) is 23.9 Å². The van der Waals surface area contributed by atoms with Crippen molar-refractivity contribution in [1.82, 2.24) is 0 Å². The van der Waals surface area contributed by atoms with Crippen LogP contribution in [0.5, 0.6) is 5.75 Å². The number of thioether (sulfide) groups is 1. The van der Waals surface area contributed by atoms with Crippen LogP contribution in [0.1, 0.15) is 12.0 Å². The van der Waals surface area contributed by atoms with Gasteiger partial charge >= 0.3 is 0 Å². The minimum Gasteiger partial charge on any atom is -0.506 e. The fourth-order valence-corrected chi connectivity index (χ4v) is 2.94. The zero-order chi connectivity index (χ0) is 11.5. The molecule has 4 heteroatoms. The van der Waals surface area contributed by atoms with E-state index in [9.17, 15) is 9.90 Å². The summed E-state index contributed by atoms with van der Waals surface area (Å²) in [6, 6.07) is 5.27. The molecule has 1 aliphatic rings. The largest absolute Gasteiger partial charge is 0.506 e. The van der Waals surface area contributed by atoms with E-state index < -0.39 is 0 Å². The Balaban J connectivity index is 2.05. The third kappa shape index (κ3) is 2.50. The number of hydrogen-bond acceptors (Lipinski definition) is 3. The number of aryl methyl sites for hydroxylation is 1. The highest BCUT2D eigenvalue weighted by molar-refractivity contribution is 7.99. The van der Waals surface area contributed by atoms with E-state index in [4.69, 9.17) is 0 Å². The summed E-state index contributed by atoms with van der Waals surface area (Å²) < 4.78 is 0. The molecular weight excluding hydrogens is 222 g/mol. The van der Waals surface area contributed by atoms with Crippen LogP contribution in [0.3, 0.4) is 0 Å². The lowest BCUT2D eigenvalue weighted by atomic mass is 10.1. The Morgan fingerprint density at radius 2 is 2.38 bits per heavy atom. The molecule has 0 saturated carbocycles. The molecule has 2 N–H and O–H groups in total. The first-order valence-corrected chi connectivity index (χ1v) is 6.50. The zero-order valence-electron chi connectivity index (χ0n) is 9.19. The van der Waals surface area contributed by atoms with Crippen molar-refractivity contribution in [2.45, 2.75) is 13.3 Å². The average Bonchev–Trinajstić information content (AvgIpc) is 2.75. The highest BCUT2D eigenvalue weighted by atomic mass is 32.2. The molecule has 0 spiro atoms. The van der Waals surface area contributed by atoms with Crippen LogP contribution in [0.25, 0.3) is 0 Å². The summed E-state index contributed by atoms with van der Waals surface area (Å²) in [6.07, 6.45) is 0.934. The minimum atomic E-state index is 0.0177. The number of anilines is 1. The SMILES string of the molecule is Cc1ccc(NC(=O)C2CCSC2)c(O)c1. The van der Waals surface area contributed by atoms with E-state index in [1.165, 1.54) is 0 Å². The fraction of sp³-hybridized carbons (Fsp3) is 0.417. The van der Waals surface area contributed by atoms with E-state index in [1.807, 2.05) is 13.0 Å². The third-order valence-corrected chi connectivity index (χ3v) is 3.87. The number of hydrogen-bond donors (Lipinski definition) is 2. The summed E-state index contributed by atoms with van der Waals surface area (Å²) >= 11 is 1.80. The average molecular weight is 237 g/mol. The van der Waals surface area contributed by atoms with Gasteiger partial charge < -0.3 is 10.4 Å². The normalized spacial score (nSPS) is 19.7. The van der Waals surface area contributed by atoms with Gasteiger partial charge in [-0.25, -0.2) is 0 Å². The van der Waals surface area contributed by atoms with Gasteiger partial charge in [0.05, 0.1) is 5.69 Å². The van der Waals surface area contributed by atoms with Gasteiger partial charge in [-0.1, -0.05) is 6.07 Å². The quantitative estimate of drug-likeness (QED) is 0.776. The summed E-state index contributed by atoms with van der Waals surface area (Å²) in [5.41, 5.74) is 1.49. The van der Waals surface area contributed by atoms with Crippen molar-refractivity contribution in [3.63, 3.8) is 0 Å². The number of phenolic OH excluding ortho intramolecular Hbond substituents is 1. The number of nitrogens with one attached hydrogen (secondary N) is 1. The van der Waals surface area contributed by atoms with Crippen LogP contribution >= 0.6 is 11.8 Å². The standard InChI is InChI=1S/C12H15NO2S/c1-8-2-3-10(11(14)6-8)13-12(15)9-4-5-16-7-9/h2-3,6,9,14H,4-5,7H2,1H3,(H,13,15). The Hall–Kier alpha value is -1.16. The lowest BCUT2D eigenvalue weighted by Crippen LogP contribution is -2.22. The summed E-state index contributed by atoms with van der Waals surface area (Å²) in [4.78, 5) is 11.8. The van der Waals surface area contributed by atoms with Crippen LogP contribution in [-0.2, 0) is 4.79 Å². The molecule has 1 fully saturated rings. The molecule has 1 aliphatic heterocycles. The molecule has 1 unspecified atom stereocenters. The molecule has 86 valence electrons. The number of phenols is 1. The van der Waals surface area contributed by atoms with Gasteiger partial charge in [-0.3, -0.25) is 4.79 Å². The molecule has 0 aromatic heterocycles. The Kier molecular flexibility index (Phi) is 3.39. The first-order valence-electron chi connectivity index (χ1n) is 5.35. The van der Waals surface area contributed by atoms with Gasteiger partial charge in [0.1, 0.15) is 5.75 Å². The van der Waals surface area contributed by atoms with Crippen LogP contribution in [0.15, 0.2) is 18.2 Å². The van der Waals surface area contributed by atoms with Crippen molar-refractivity contribution in [1.29, 1.82) is 0 Å². The molecule has 0 aliphatic carbocycles. The Morgan fingerprint density at radius 1 is 1.56 bits per heavy atom. The Bertz CT molecular complexity index is 400. The van der Waals surface area contributed by atoms with Crippen LogP contribution in [0, 0.1) is 12.8 Å². The molecule has 1 saturated heterocycles. The summed E-state index contributed by atoms with van der Waals surface area (Å²) in [5, 5.41) is 12.4. The molecular formula is C12H15NO2S. The van der Waals surface area contributed by atoms with Crippen LogP contribution in [0.2, 0.25) is 0 Å². The topological polar surface area (TPSA) is 49.3 Å². The first-order chi connectivity index (χ1) is 7.66. The number of rotatable bonds is 2. The lowest BCUT2D eigenvalue weighted by molar-refractivity contribution is -0.119. The Morgan fingerprint density at radius 3 is 3.00 bits per heavy atom. The molecule has 1 amide bonds. The van der Waals surface area contributed by atoms with Gasteiger partial charge in [-0.15, -0.1) is 0 Å². The number of amides is 1. The highest BCUT2D eigenvalue weighted by Crippen LogP contribution is 2.28. The smallest absolute Gasteiger partial charge is 0.228 e. The molecule has 2 rings (SSSR count). The van der Waals surface area contributed by atoms with E-state index in [-0.39, 0.29) is 17.6 Å². The number of aromatic hydroxyl groups is 1. The van der Waals surface area contributed by atoms with Crippen molar-refractivity contribution < 1.29 is 9.90 Å². The third-order valence-electron chi connectivity index (χ3n) is 2.71. The maximum atomic E-state index is 11.8. The van der Waals surface area contributed by atoms with Crippen molar-refractivity contribution in [2.24, 2.45) is 5.92 Å².